The maximum absolute atomic E-state index is 13.8. The minimum Gasteiger partial charge on any atom is -0.463 e. The van der Waals surface area contributed by atoms with E-state index in [9.17, 15) is 9.18 Å². The predicted octanol–water partition coefficient (Wildman–Crippen LogP) is 4.60. The molecule has 3 rings (SSSR count). The fourth-order valence-corrected chi connectivity index (χ4v) is 2.74. The van der Waals surface area contributed by atoms with Gasteiger partial charge in [-0.1, -0.05) is 23.7 Å². The molecule has 2 amide bonds. The topological polar surface area (TPSA) is 76.1 Å². The first kappa shape index (κ1) is 18.1. The SMILES string of the molecule is O=C(Nc1ccsc1)Nc1nc(OCCc2ccc(Cl)cc2)ncc1F. The summed E-state index contributed by atoms with van der Waals surface area (Å²) in [5.41, 5.74) is 1.64. The van der Waals surface area contributed by atoms with Crippen molar-refractivity contribution >= 4 is 40.5 Å². The number of amides is 2. The maximum Gasteiger partial charge on any atom is 0.324 e. The molecular formula is C17H14ClFN4O2S. The Morgan fingerprint density at radius 1 is 1.23 bits per heavy atom. The van der Waals surface area contributed by atoms with Gasteiger partial charge >= 0.3 is 12.0 Å². The van der Waals surface area contributed by atoms with E-state index in [2.05, 4.69) is 20.6 Å². The molecule has 0 spiro atoms. The van der Waals surface area contributed by atoms with Gasteiger partial charge in [-0.25, -0.2) is 14.2 Å². The van der Waals surface area contributed by atoms with Crippen LogP contribution in [0.25, 0.3) is 0 Å². The summed E-state index contributed by atoms with van der Waals surface area (Å²) in [6.07, 6.45) is 1.56. The summed E-state index contributed by atoms with van der Waals surface area (Å²) in [6.45, 7) is 0.299. The number of ether oxygens (including phenoxy) is 1. The number of benzene rings is 1. The van der Waals surface area contributed by atoms with Gasteiger partial charge in [-0.05, 0) is 29.1 Å². The third-order valence-electron chi connectivity index (χ3n) is 3.27. The Labute approximate surface area is 158 Å². The van der Waals surface area contributed by atoms with Crippen molar-refractivity contribution in [2.75, 3.05) is 17.2 Å². The van der Waals surface area contributed by atoms with E-state index in [-0.39, 0.29) is 11.8 Å². The average Bonchev–Trinajstić information content (AvgIpc) is 3.12. The van der Waals surface area contributed by atoms with E-state index in [1.54, 1.807) is 23.6 Å². The summed E-state index contributed by atoms with van der Waals surface area (Å²) in [5, 5.41) is 9.13. The van der Waals surface area contributed by atoms with Crippen molar-refractivity contribution in [1.29, 1.82) is 0 Å². The largest absolute Gasteiger partial charge is 0.463 e. The number of urea groups is 1. The van der Waals surface area contributed by atoms with E-state index in [1.165, 1.54) is 11.3 Å². The summed E-state index contributed by atoms with van der Waals surface area (Å²) < 4.78 is 19.2. The standard InChI is InChI=1S/C17H14ClFN4O2S/c18-12-3-1-11(2-4-12)5-7-25-17-20-9-14(19)15(23-17)22-16(24)21-13-6-8-26-10-13/h1-4,6,8-10H,5,7H2,(H2,20,21,22,23,24). The van der Waals surface area contributed by atoms with E-state index in [0.717, 1.165) is 11.8 Å². The predicted molar refractivity (Wildman–Crippen MR) is 99.6 cm³/mol. The van der Waals surface area contributed by atoms with Gasteiger partial charge < -0.3 is 10.1 Å². The molecule has 0 fully saturated rings. The van der Waals surface area contributed by atoms with Gasteiger partial charge in [-0.3, -0.25) is 5.32 Å². The lowest BCUT2D eigenvalue weighted by molar-refractivity contribution is 0.262. The Morgan fingerprint density at radius 3 is 2.77 bits per heavy atom. The van der Waals surface area contributed by atoms with E-state index >= 15 is 0 Å². The third-order valence-corrected chi connectivity index (χ3v) is 4.20. The fraction of sp³-hybridized carbons (Fsp3) is 0.118. The molecule has 2 heterocycles. The van der Waals surface area contributed by atoms with Crippen LogP contribution in [0, 0.1) is 5.82 Å². The molecule has 0 saturated carbocycles. The van der Waals surface area contributed by atoms with Gasteiger partial charge in [0, 0.05) is 16.8 Å². The lowest BCUT2D eigenvalue weighted by Gasteiger charge is -2.09. The highest BCUT2D eigenvalue weighted by Gasteiger charge is 2.12. The van der Waals surface area contributed by atoms with Gasteiger partial charge in [0.1, 0.15) is 0 Å². The first-order valence-corrected chi connectivity index (χ1v) is 8.92. The highest BCUT2D eigenvalue weighted by atomic mass is 35.5. The lowest BCUT2D eigenvalue weighted by Crippen LogP contribution is -2.21. The van der Waals surface area contributed by atoms with Crippen molar-refractivity contribution in [2.45, 2.75) is 6.42 Å². The Kier molecular flexibility index (Phi) is 5.98. The number of thiophene rings is 1. The smallest absolute Gasteiger partial charge is 0.324 e. The van der Waals surface area contributed by atoms with Crippen molar-refractivity contribution < 1.29 is 13.9 Å². The number of carbonyl (C=O) groups is 1. The average molecular weight is 393 g/mol. The second-order valence-corrected chi connectivity index (χ2v) is 6.38. The minimum absolute atomic E-state index is 0.0220. The van der Waals surface area contributed by atoms with Gasteiger partial charge in [0.15, 0.2) is 11.6 Å². The summed E-state index contributed by atoms with van der Waals surface area (Å²) in [5.74, 6) is -1.01. The molecule has 0 radical (unpaired) electrons. The summed E-state index contributed by atoms with van der Waals surface area (Å²) in [7, 11) is 0. The van der Waals surface area contributed by atoms with Crippen LogP contribution in [0.3, 0.4) is 0 Å². The number of aromatic nitrogens is 2. The molecule has 0 bridgehead atoms. The van der Waals surface area contributed by atoms with Crippen molar-refractivity contribution in [2.24, 2.45) is 0 Å². The Bertz CT molecular complexity index is 875. The molecule has 0 aliphatic heterocycles. The van der Waals surface area contributed by atoms with Crippen LogP contribution in [-0.4, -0.2) is 22.6 Å². The first-order valence-electron chi connectivity index (χ1n) is 7.60. The van der Waals surface area contributed by atoms with Gasteiger partial charge in [0.25, 0.3) is 0 Å². The number of hydrogen-bond acceptors (Lipinski definition) is 5. The Morgan fingerprint density at radius 2 is 2.04 bits per heavy atom. The normalized spacial score (nSPS) is 10.4. The molecular weight excluding hydrogens is 379 g/mol. The summed E-state index contributed by atoms with van der Waals surface area (Å²) in [6, 6.07) is 8.46. The van der Waals surface area contributed by atoms with Crippen molar-refractivity contribution in [1.82, 2.24) is 9.97 Å². The zero-order valence-corrected chi connectivity index (χ0v) is 15.0. The molecule has 2 N–H and O–H groups in total. The number of carbonyl (C=O) groups excluding carboxylic acids is 1. The molecule has 0 aliphatic rings. The van der Waals surface area contributed by atoms with E-state index < -0.39 is 11.8 Å². The second kappa shape index (κ2) is 8.59. The summed E-state index contributed by atoms with van der Waals surface area (Å²) >= 11 is 7.27. The third kappa shape index (κ3) is 5.14. The number of nitrogens with one attached hydrogen (secondary N) is 2. The van der Waals surface area contributed by atoms with Crippen molar-refractivity contribution in [3.05, 3.63) is 63.7 Å². The van der Waals surface area contributed by atoms with Crippen LogP contribution in [-0.2, 0) is 6.42 Å². The van der Waals surface area contributed by atoms with Crippen LogP contribution in [0.5, 0.6) is 6.01 Å². The number of anilines is 2. The number of hydrogen-bond donors (Lipinski definition) is 2. The van der Waals surface area contributed by atoms with Crippen molar-refractivity contribution in [3.63, 3.8) is 0 Å². The van der Waals surface area contributed by atoms with Gasteiger partial charge in [0.2, 0.25) is 0 Å². The number of nitrogens with zero attached hydrogens (tertiary/aromatic N) is 2. The maximum atomic E-state index is 13.8. The quantitative estimate of drug-likeness (QED) is 0.643. The van der Waals surface area contributed by atoms with Crippen LogP contribution in [0.15, 0.2) is 47.3 Å². The molecule has 2 aromatic heterocycles. The van der Waals surface area contributed by atoms with Crippen LogP contribution >= 0.6 is 22.9 Å². The molecule has 0 aliphatic carbocycles. The molecule has 134 valence electrons. The molecule has 9 heteroatoms. The van der Waals surface area contributed by atoms with Gasteiger partial charge in [-0.15, -0.1) is 0 Å². The molecule has 6 nitrogen and oxygen atoms in total. The monoisotopic (exact) mass is 392 g/mol. The van der Waals surface area contributed by atoms with Crippen LogP contribution in [0.2, 0.25) is 5.02 Å². The summed E-state index contributed by atoms with van der Waals surface area (Å²) in [4.78, 5) is 19.5. The lowest BCUT2D eigenvalue weighted by atomic mass is 10.2. The highest BCUT2D eigenvalue weighted by molar-refractivity contribution is 7.08. The number of rotatable bonds is 6. The second-order valence-electron chi connectivity index (χ2n) is 5.17. The van der Waals surface area contributed by atoms with E-state index in [0.29, 0.717) is 23.7 Å². The van der Waals surface area contributed by atoms with Crippen LogP contribution < -0.4 is 15.4 Å². The molecule has 0 atom stereocenters. The van der Waals surface area contributed by atoms with Gasteiger partial charge in [-0.2, -0.15) is 16.3 Å². The first-order chi connectivity index (χ1) is 12.6. The zero-order chi connectivity index (χ0) is 18.4. The van der Waals surface area contributed by atoms with Gasteiger partial charge in [0.05, 0.1) is 18.5 Å². The van der Waals surface area contributed by atoms with Crippen LogP contribution in [0.1, 0.15) is 5.56 Å². The molecule has 26 heavy (non-hydrogen) atoms. The van der Waals surface area contributed by atoms with E-state index in [4.69, 9.17) is 16.3 Å². The highest BCUT2D eigenvalue weighted by Crippen LogP contribution is 2.16. The van der Waals surface area contributed by atoms with Crippen molar-refractivity contribution in [3.8, 4) is 6.01 Å². The van der Waals surface area contributed by atoms with Crippen LogP contribution in [0.4, 0.5) is 20.7 Å². The molecule has 1 aromatic carbocycles. The molecule has 0 unspecified atom stereocenters. The fourth-order valence-electron chi connectivity index (χ4n) is 2.02. The minimum atomic E-state index is -0.754. The Balaban J connectivity index is 1.56. The van der Waals surface area contributed by atoms with E-state index in [1.807, 2.05) is 17.5 Å². The molecule has 3 aromatic rings. The molecule has 0 saturated heterocycles. The number of halogens is 2. The Hall–Kier alpha value is -2.71. The zero-order valence-electron chi connectivity index (χ0n) is 13.4.